The van der Waals surface area contributed by atoms with E-state index in [0.717, 1.165) is 31.9 Å². The van der Waals surface area contributed by atoms with E-state index in [0.29, 0.717) is 0 Å². The van der Waals surface area contributed by atoms with Crippen LogP contribution in [0.5, 0.6) is 5.75 Å². The molecule has 5 heteroatoms. The predicted molar refractivity (Wildman–Crippen MR) is 91.6 cm³/mol. The first-order valence-corrected chi connectivity index (χ1v) is 6.86. The standard InChI is InChI=1S/C15H26N2O.2ClH/c1-4-17(5-2)12-6-11-16-13-14-7-9-15(18-3)10-8-14;;/h7-10,16H,4-6,11-13H2,1-3H3;2*1H. The summed E-state index contributed by atoms with van der Waals surface area (Å²) in [5.41, 5.74) is 1.30. The first-order valence-electron chi connectivity index (χ1n) is 6.86. The fraction of sp³-hybridized carbons (Fsp3) is 0.600. The van der Waals surface area contributed by atoms with Gasteiger partial charge in [-0.15, -0.1) is 24.8 Å². The van der Waals surface area contributed by atoms with Gasteiger partial charge in [0.25, 0.3) is 0 Å². The lowest BCUT2D eigenvalue weighted by Gasteiger charge is -2.17. The van der Waals surface area contributed by atoms with Crippen LogP contribution < -0.4 is 10.1 Å². The number of ether oxygens (including phenoxy) is 1. The molecule has 0 heterocycles. The van der Waals surface area contributed by atoms with Gasteiger partial charge in [-0.1, -0.05) is 26.0 Å². The lowest BCUT2D eigenvalue weighted by Crippen LogP contribution is -2.27. The lowest BCUT2D eigenvalue weighted by molar-refractivity contribution is 0.298. The summed E-state index contributed by atoms with van der Waals surface area (Å²) in [4.78, 5) is 2.45. The molecule has 0 amide bonds. The third-order valence-electron chi connectivity index (χ3n) is 3.21. The zero-order valence-corrected chi connectivity index (χ0v) is 14.4. The highest BCUT2D eigenvalue weighted by Gasteiger charge is 1.98. The van der Waals surface area contributed by atoms with Crippen LogP contribution in [0.25, 0.3) is 0 Å². The van der Waals surface area contributed by atoms with Crippen molar-refractivity contribution in [2.75, 3.05) is 33.3 Å². The summed E-state index contributed by atoms with van der Waals surface area (Å²) in [5.74, 6) is 0.917. The van der Waals surface area contributed by atoms with Crippen molar-refractivity contribution in [2.24, 2.45) is 0 Å². The number of benzene rings is 1. The minimum atomic E-state index is 0. The topological polar surface area (TPSA) is 24.5 Å². The van der Waals surface area contributed by atoms with Crippen LogP contribution in [-0.4, -0.2) is 38.2 Å². The molecule has 0 saturated heterocycles. The molecule has 0 saturated carbocycles. The van der Waals surface area contributed by atoms with Crippen molar-refractivity contribution in [1.29, 1.82) is 0 Å². The van der Waals surface area contributed by atoms with E-state index in [-0.39, 0.29) is 24.8 Å². The molecule has 3 nitrogen and oxygen atoms in total. The second-order valence-electron chi connectivity index (χ2n) is 4.41. The molecular weight excluding hydrogens is 295 g/mol. The lowest BCUT2D eigenvalue weighted by atomic mass is 10.2. The van der Waals surface area contributed by atoms with Crippen molar-refractivity contribution < 1.29 is 4.74 Å². The zero-order valence-electron chi connectivity index (χ0n) is 12.7. The fourth-order valence-corrected chi connectivity index (χ4v) is 1.94. The van der Waals surface area contributed by atoms with E-state index >= 15 is 0 Å². The molecule has 0 fully saturated rings. The Morgan fingerprint density at radius 1 is 1.05 bits per heavy atom. The second kappa shape index (κ2) is 13.5. The third kappa shape index (κ3) is 8.64. The van der Waals surface area contributed by atoms with Crippen molar-refractivity contribution in [1.82, 2.24) is 10.2 Å². The van der Waals surface area contributed by atoms with Crippen LogP contribution in [0.1, 0.15) is 25.8 Å². The summed E-state index contributed by atoms with van der Waals surface area (Å²) in [6, 6.07) is 8.23. The normalized spacial score (nSPS) is 9.80. The Morgan fingerprint density at radius 2 is 1.65 bits per heavy atom. The largest absolute Gasteiger partial charge is 0.497 e. The van der Waals surface area contributed by atoms with E-state index in [1.54, 1.807) is 7.11 Å². The summed E-state index contributed by atoms with van der Waals surface area (Å²) in [6.45, 7) is 9.92. The Balaban J connectivity index is 0. The Morgan fingerprint density at radius 3 is 2.15 bits per heavy atom. The van der Waals surface area contributed by atoms with E-state index < -0.39 is 0 Å². The van der Waals surface area contributed by atoms with Crippen molar-refractivity contribution in [2.45, 2.75) is 26.8 Å². The summed E-state index contributed by atoms with van der Waals surface area (Å²) >= 11 is 0. The molecule has 1 N–H and O–H groups in total. The molecule has 0 aliphatic carbocycles. The van der Waals surface area contributed by atoms with Gasteiger partial charge in [0, 0.05) is 6.54 Å². The summed E-state index contributed by atoms with van der Waals surface area (Å²) < 4.78 is 5.14. The molecule has 1 aromatic rings. The van der Waals surface area contributed by atoms with E-state index in [1.807, 2.05) is 12.1 Å². The molecule has 0 bridgehead atoms. The van der Waals surface area contributed by atoms with E-state index in [1.165, 1.54) is 18.5 Å². The fourth-order valence-electron chi connectivity index (χ4n) is 1.94. The molecule has 0 radical (unpaired) electrons. The Labute approximate surface area is 135 Å². The van der Waals surface area contributed by atoms with Crippen LogP contribution in [0.2, 0.25) is 0 Å². The molecule has 118 valence electrons. The molecule has 0 aliphatic heterocycles. The van der Waals surface area contributed by atoms with Crippen molar-refractivity contribution in [3.63, 3.8) is 0 Å². The predicted octanol–water partition coefficient (Wildman–Crippen LogP) is 3.36. The van der Waals surface area contributed by atoms with Crippen LogP contribution in [-0.2, 0) is 6.54 Å². The maximum absolute atomic E-state index is 5.14. The molecule has 0 atom stereocenters. The number of rotatable bonds is 9. The van der Waals surface area contributed by atoms with Crippen molar-refractivity contribution >= 4 is 24.8 Å². The monoisotopic (exact) mass is 322 g/mol. The molecule has 0 spiro atoms. The molecule has 0 unspecified atom stereocenters. The number of halogens is 2. The van der Waals surface area contributed by atoms with Gasteiger partial charge in [0.05, 0.1) is 7.11 Å². The van der Waals surface area contributed by atoms with Crippen LogP contribution in [0.4, 0.5) is 0 Å². The van der Waals surface area contributed by atoms with Gasteiger partial charge >= 0.3 is 0 Å². The highest BCUT2D eigenvalue weighted by atomic mass is 35.5. The Hall–Kier alpha value is -0.480. The Bertz CT molecular complexity index is 316. The zero-order chi connectivity index (χ0) is 13.2. The van der Waals surface area contributed by atoms with E-state index in [2.05, 4.69) is 36.2 Å². The smallest absolute Gasteiger partial charge is 0.118 e. The minimum absolute atomic E-state index is 0. The average Bonchev–Trinajstić information content (AvgIpc) is 2.43. The minimum Gasteiger partial charge on any atom is -0.497 e. The number of hydrogen-bond acceptors (Lipinski definition) is 3. The molecule has 1 aromatic carbocycles. The van der Waals surface area contributed by atoms with Gasteiger partial charge in [0.1, 0.15) is 5.75 Å². The number of methoxy groups -OCH3 is 1. The first-order chi connectivity index (χ1) is 8.80. The van der Waals surface area contributed by atoms with E-state index in [4.69, 9.17) is 4.74 Å². The highest BCUT2D eigenvalue weighted by molar-refractivity contribution is 5.85. The van der Waals surface area contributed by atoms with Crippen molar-refractivity contribution in [3.05, 3.63) is 29.8 Å². The Kier molecular flexibility index (Phi) is 14.7. The third-order valence-corrected chi connectivity index (χ3v) is 3.21. The summed E-state index contributed by atoms with van der Waals surface area (Å²) in [7, 11) is 1.69. The number of hydrogen-bond donors (Lipinski definition) is 1. The number of nitrogens with one attached hydrogen (secondary N) is 1. The van der Waals surface area contributed by atoms with Crippen LogP contribution >= 0.6 is 24.8 Å². The quantitative estimate of drug-likeness (QED) is 0.705. The maximum Gasteiger partial charge on any atom is 0.118 e. The van der Waals surface area contributed by atoms with Gasteiger partial charge < -0.3 is 15.0 Å². The molecule has 1 rings (SSSR count). The summed E-state index contributed by atoms with van der Waals surface area (Å²) in [6.07, 6.45) is 1.21. The first kappa shape index (κ1) is 21.8. The number of nitrogens with zero attached hydrogens (tertiary/aromatic N) is 1. The average molecular weight is 323 g/mol. The van der Waals surface area contributed by atoms with E-state index in [9.17, 15) is 0 Å². The van der Waals surface area contributed by atoms with Gasteiger partial charge in [-0.3, -0.25) is 0 Å². The SMILES string of the molecule is CCN(CC)CCCNCc1ccc(OC)cc1.Cl.Cl. The van der Waals surface area contributed by atoms with Crippen LogP contribution in [0.3, 0.4) is 0 Å². The van der Waals surface area contributed by atoms with Crippen molar-refractivity contribution in [3.8, 4) is 5.75 Å². The van der Waals surface area contributed by atoms with Gasteiger partial charge in [0.2, 0.25) is 0 Å². The maximum atomic E-state index is 5.14. The molecular formula is C15H28Cl2N2O. The summed E-state index contributed by atoms with van der Waals surface area (Å²) in [5, 5.41) is 3.48. The van der Waals surface area contributed by atoms with Crippen LogP contribution in [0.15, 0.2) is 24.3 Å². The van der Waals surface area contributed by atoms with Gasteiger partial charge in [-0.05, 0) is 50.3 Å². The van der Waals surface area contributed by atoms with Crippen LogP contribution in [0, 0.1) is 0 Å². The molecule has 0 aromatic heterocycles. The van der Waals surface area contributed by atoms with Gasteiger partial charge in [0.15, 0.2) is 0 Å². The highest BCUT2D eigenvalue weighted by Crippen LogP contribution is 2.10. The molecule has 20 heavy (non-hydrogen) atoms. The second-order valence-corrected chi connectivity index (χ2v) is 4.41. The molecule has 0 aliphatic rings. The van der Waals surface area contributed by atoms with Gasteiger partial charge in [-0.25, -0.2) is 0 Å². The van der Waals surface area contributed by atoms with Gasteiger partial charge in [-0.2, -0.15) is 0 Å².